The minimum atomic E-state index is -1.37. The number of amides is 1. The minimum absolute atomic E-state index is 0.0690. The van der Waals surface area contributed by atoms with E-state index < -0.39 is 5.67 Å². The van der Waals surface area contributed by atoms with Crippen LogP contribution in [-0.2, 0) is 9.53 Å². The Kier molecular flexibility index (Phi) is 4.29. The molecule has 0 radical (unpaired) electrons. The molecule has 2 N–H and O–H groups in total. The number of fused-ring (bicyclic) bond motifs is 1. The van der Waals surface area contributed by atoms with Gasteiger partial charge in [0.1, 0.15) is 23.5 Å². The number of H-pyrrole nitrogens is 1. The smallest absolute Gasteiger partial charge is 0.225 e. The van der Waals surface area contributed by atoms with Gasteiger partial charge in [0.05, 0.1) is 24.5 Å². The van der Waals surface area contributed by atoms with Crippen molar-refractivity contribution in [1.29, 1.82) is 0 Å². The number of hydrogen-bond donors (Lipinski definition) is 2. The second-order valence-electron chi connectivity index (χ2n) is 6.85. The summed E-state index contributed by atoms with van der Waals surface area (Å²) in [7, 11) is 0. The molecule has 1 unspecified atom stereocenters. The number of alkyl halides is 1. The predicted molar refractivity (Wildman–Crippen MR) is 91.1 cm³/mol. The van der Waals surface area contributed by atoms with Gasteiger partial charge in [-0.3, -0.25) is 4.79 Å². The van der Waals surface area contributed by atoms with Crippen molar-refractivity contribution in [3.8, 4) is 0 Å². The lowest BCUT2D eigenvalue weighted by molar-refractivity contribution is -0.125. The van der Waals surface area contributed by atoms with E-state index in [-0.39, 0.29) is 18.4 Å². The molecule has 25 heavy (non-hydrogen) atoms. The van der Waals surface area contributed by atoms with Crippen LogP contribution in [0.3, 0.4) is 0 Å². The fourth-order valence-electron chi connectivity index (χ4n) is 3.54. The number of rotatable bonds is 4. The highest BCUT2D eigenvalue weighted by atomic mass is 19.1. The lowest BCUT2D eigenvalue weighted by Gasteiger charge is -2.37. The lowest BCUT2D eigenvalue weighted by Crippen LogP contribution is -2.49. The van der Waals surface area contributed by atoms with Gasteiger partial charge in [-0.05, 0) is 12.5 Å². The summed E-state index contributed by atoms with van der Waals surface area (Å²) in [5, 5.41) is 3.72. The molecule has 2 aromatic rings. The molecule has 4 rings (SSSR count). The van der Waals surface area contributed by atoms with E-state index in [0.717, 1.165) is 23.3 Å². The van der Waals surface area contributed by atoms with Gasteiger partial charge in [0.25, 0.3) is 0 Å². The molecule has 0 aliphatic carbocycles. The quantitative estimate of drug-likeness (QED) is 0.874. The van der Waals surface area contributed by atoms with Gasteiger partial charge in [0.15, 0.2) is 0 Å². The van der Waals surface area contributed by atoms with Crippen molar-refractivity contribution < 1.29 is 13.9 Å². The zero-order valence-corrected chi connectivity index (χ0v) is 14.0. The molecule has 7 nitrogen and oxygen atoms in total. The largest absolute Gasteiger partial charge is 0.381 e. The Balaban J connectivity index is 1.35. The Bertz CT molecular complexity index is 750. The van der Waals surface area contributed by atoms with Crippen molar-refractivity contribution in [2.24, 2.45) is 5.92 Å². The monoisotopic (exact) mass is 347 g/mol. The molecule has 2 aliphatic rings. The third-order valence-corrected chi connectivity index (χ3v) is 5.17. The van der Waals surface area contributed by atoms with E-state index in [4.69, 9.17) is 4.74 Å². The molecule has 2 aromatic heterocycles. The first-order valence-electron chi connectivity index (χ1n) is 8.72. The van der Waals surface area contributed by atoms with Crippen molar-refractivity contribution in [3.05, 3.63) is 18.6 Å². The Morgan fingerprint density at radius 3 is 3.04 bits per heavy atom. The molecule has 4 heterocycles. The summed E-state index contributed by atoms with van der Waals surface area (Å²) in [6.07, 6.45) is 4.80. The average Bonchev–Trinajstić information content (AvgIpc) is 3.31. The molecule has 8 heteroatoms. The standard InChI is InChI=1S/C17H22FN5O2/c18-17(10-20-16(24)12-2-8-25-9-12)3-6-23(7-4-17)15-13-1-5-19-14(13)21-11-22-15/h1,5,11-12H,2-4,6-10H2,(H,20,24)(H,19,21,22). The minimum Gasteiger partial charge on any atom is -0.381 e. The van der Waals surface area contributed by atoms with Crippen LogP contribution in [-0.4, -0.2) is 59.4 Å². The Hall–Kier alpha value is -2.22. The maximum atomic E-state index is 15.1. The zero-order valence-electron chi connectivity index (χ0n) is 14.0. The summed E-state index contributed by atoms with van der Waals surface area (Å²) < 4.78 is 20.3. The van der Waals surface area contributed by atoms with E-state index in [1.807, 2.05) is 12.3 Å². The highest BCUT2D eigenvalue weighted by molar-refractivity contribution is 5.87. The van der Waals surface area contributed by atoms with Crippen LogP contribution < -0.4 is 10.2 Å². The number of piperidine rings is 1. The van der Waals surface area contributed by atoms with Crippen LogP contribution in [0, 0.1) is 5.92 Å². The lowest BCUT2D eigenvalue weighted by atomic mass is 9.92. The molecule has 0 bridgehead atoms. The second kappa shape index (κ2) is 6.59. The first-order valence-corrected chi connectivity index (χ1v) is 8.72. The maximum absolute atomic E-state index is 15.1. The third-order valence-electron chi connectivity index (χ3n) is 5.17. The van der Waals surface area contributed by atoms with Crippen LogP contribution in [0.1, 0.15) is 19.3 Å². The van der Waals surface area contributed by atoms with E-state index in [1.54, 1.807) is 0 Å². The van der Waals surface area contributed by atoms with Crippen molar-refractivity contribution in [2.45, 2.75) is 24.9 Å². The fourth-order valence-corrected chi connectivity index (χ4v) is 3.54. The first-order chi connectivity index (χ1) is 12.1. The van der Waals surface area contributed by atoms with Crippen molar-refractivity contribution in [3.63, 3.8) is 0 Å². The van der Waals surface area contributed by atoms with Crippen LogP contribution in [0.4, 0.5) is 10.2 Å². The van der Waals surface area contributed by atoms with Crippen LogP contribution in [0.2, 0.25) is 0 Å². The number of aromatic nitrogens is 3. The molecule has 1 atom stereocenters. The van der Waals surface area contributed by atoms with Gasteiger partial charge in [0, 0.05) is 38.7 Å². The van der Waals surface area contributed by atoms with Gasteiger partial charge in [-0.15, -0.1) is 0 Å². The highest BCUT2D eigenvalue weighted by Crippen LogP contribution is 2.31. The number of nitrogens with zero attached hydrogens (tertiary/aromatic N) is 3. The molecular formula is C17H22FN5O2. The second-order valence-corrected chi connectivity index (χ2v) is 6.85. The molecule has 2 saturated heterocycles. The Morgan fingerprint density at radius 1 is 1.44 bits per heavy atom. The van der Waals surface area contributed by atoms with E-state index >= 15 is 4.39 Å². The van der Waals surface area contributed by atoms with Crippen LogP contribution in [0.25, 0.3) is 11.0 Å². The molecule has 0 saturated carbocycles. The molecular weight excluding hydrogens is 325 g/mol. The molecule has 2 fully saturated rings. The highest BCUT2D eigenvalue weighted by Gasteiger charge is 2.36. The van der Waals surface area contributed by atoms with Crippen LogP contribution >= 0.6 is 0 Å². The number of halogens is 1. The summed E-state index contributed by atoms with van der Waals surface area (Å²) in [5.74, 6) is 0.605. The van der Waals surface area contributed by atoms with Gasteiger partial charge in [-0.25, -0.2) is 14.4 Å². The molecule has 2 aliphatic heterocycles. The summed E-state index contributed by atoms with van der Waals surface area (Å²) >= 11 is 0. The maximum Gasteiger partial charge on any atom is 0.225 e. The van der Waals surface area contributed by atoms with Crippen LogP contribution in [0.15, 0.2) is 18.6 Å². The number of anilines is 1. The first kappa shape index (κ1) is 16.3. The van der Waals surface area contributed by atoms with Crippen molar-refractivity contribution in [2.75, 3.05) is 37.7 Å². The molecule has 1 amide bonds. The summed E-state index contributed by atoms with van der Waals surface area (Å²) in [4.78, 5) is 25.7. The SMILES string of the molecule is O=C(NCC1(F)CCN(c2ncnc3[nH]ccc23)CC1)C1CCOC1. The number of hydrogen-bond acceptors (Lipinski definition) is 5. The summed E-state index contributed by atoms with van der Waals surface area (Å²) in [6, 6.07) is 1.94. The van der Waals surface area contributed by atoms with E-state index in [9.17, 15) is 4.79 Å². The zero-order chi connectivity index (χ0) is 17.3. The van der Waals surface area contributed by atoms with E-state index in [1.165, 1.54) is 6.33 Å². The van der Waals surface area contributed by atoms with Crippen LogP contribution in [0.5, 0.6) is 0 Å². The molecule has 0 aromatic carbocycles. The molecule has 134 valence electrons. The van der Waals surface area contributed by atoms with Gasteiger partial charge in [0.2, 0.25) is 5.91 Å². The fraction of sp³-hybridized carbons (Fsp3) is 0.588. The summed E-state index contributed by atoms with van der Waals surface area (Å²) in [5.41, 5.74) is -0.580. The Labute approximate surface area is 145 Å². The number of carbonyl (C=O) groups excluding carboxylic acids is 1. The predicted octanol–water partition coefficient (Wildman–Crippen LogP) is 1.42. The average molecular weight is 347 g/mol. The van der Waals surface area contributed by atoms with Gasteiger partial charge >= 0.3 is 0 Å². The Morgan fingerprint density at radius 2 is 2.28 bits per heavy atom. The van der Waals surface area contributed by atoms with Gasteiger partial charge < -0.3 is 19.9 Å². The van der Waals surface area contributed by atoms with Crippen molar-refractivity contribution >= 4 is 22.8 Å². The topological polar surface area (TPSA) is 83.1 Å². The number of nitrogens with one attached hydrogen (secondary N) is 2. The number of ether oxygens (including phenoxy) is 1. The van der Waals surface area contributed by atoms with Crippen molar-refractivity contribution in [1.82, 2.24) is 20.3 Å². The summed E-state index contributed by atoms with van der Waals surface area (Å²) in [6.45, 7) is 2.26. The normalized spacial score (nSPS) is 23.1. The number of aromatic amines is 1. The van der Waals surface area contributed by atoms with E-state index in [0.29, 0.717) is 39.1 Å². The van der Waals surface area contributed by atoms with Gasteiger partial charge in [-0.1, -0.05) is 0 Å². The van der Waals surface area contributed by atoms with E-state index in [2.05, 4.69) is 25.2 Å². The molecule has 0 spiro atoms. The number of carbonyl (C=O) groups is 1. The third kappa shape index (κ3) is 3.30. The van der Waals surface area contributed by atoms with Gasteiger partial charge in [-0.2, -0.15) is 0 Å².